The number of benzene rings is 3. The second-order valence-electron chi connectivity index (χ2n) is 10.0. The van der Waals surface area contributed by atoms with Gasteiger partial charge in [-0.25, -0.2) is 4.98 Å². The van der Waals surface area contributed by atoms with Crippen LogP contribution in [0.3, 0.4) is 0 Å². The molecule has 11 heteroatoms. The van der Waals surface area contributed by atoms with Crippen molar-refractivity contribution >= 4 is 62.0 Å². The number of aryl methyl sites for hydroxylation is 2. The number of aromatic nitrogens is 3. The van der Waals surface area contributed by atoms with Gasteiger partial charge in [-0.05, 0) is 54.3 Å². The van der Waals surface area contributed by atoms with Crippen LogP contribution in [0.2, 0.25) is 0 Å². The summed E-state index contributed by atoms with van der Waals surface area (Å²) in [5.74, 6) is -0.362. The number of aliphatic hydroxyl groups excluding tert-OH is 1. The molecule has 218 valence electrons. The minimum atomic E-state index is -0.897. The molecule has 0 saturated carbocycles. The summed E-state index contributed by atoms with van der Waals surface area (Å²) in [4.78, 5) is 33.7. The maximum Gasteiger partial charge on any atom is 0.296 e. The predicted octanol–water partition coefficient (Wildman–Crippen LogP) is 7.63. The van der Waals surface area contributed by atoms with Crippen molar-refractivity contribution in [2.75, 3.05) is 11.5 Å². The zero-order valence-corrected chi connectivity index (χ0v) is 26.2. The molecule has 0 fully saturated rings. The third kappa shape index (κ3) is 5.67. The number of carbonyl (C=O) groups is 2. The van der Waals surface area contributed by atoms with Gasteiger partial charge in [0.25, 0.3) is 5.91 Å². The van der Waals surface area contributed by atoms with Gasteiger partial charge < -0.3 is 9.84 Å². The minimum Gasteiger partial charge on any atom is -0.503 e. The van der Waals surface area contributed by atoms with E-state index in [1.54, 1.807) is 19.1 Å². The molecule has 1 aliphatic rings. The summed E-state index contributed by atoms with van der Waals surface area (Å²) in [6.45, 7) is 6.18. The number of anilines is 1. The first-order valence-corrected chi connectivity index (χ1v) is 16.4. The summed E-state index contributed by atoms with van der Waals surface area (Å²) >= 11 is 4.02. The Morgan fingerprint density at radius 3 is 2.53 bits per heavy atom. The van der Waals surface area contributed by atoms with Gasteiger partial charge in [0.2, 0.25) is 10.9 Å². The number of amides is 1. The number of Topliss-reactive ketones (excluding diaryl/α,β-unsaturated/α-hetero) is 1. The zero-order chi connectivity index (χ0) is 30.1. The van der Waals surface area contributed by atoms with Crippen molar-refractivity contribution < 1.29 is 19.4 Å². The van der Waals surface area contributed by atoms with E-state index in [-0.39, 0.29) is 5.57 Å². The first-order valence-electron chi connectivity index (χ1n) is 13.8. The first kappa shape index (κ1) is 29.0. The molecule has 0 aliphatic carbocycles. The van der Waals surface area contributed by atoms with Crippen molar-refractivity contribution in [1.82, 2.24) is 15.2 Å². The van der Waals surface area contributed by atoms with E-state index in [1.165, 1.54) is 55.7 Å². The largest absolute Gasteiger partial charge is 0.503 e. The lowest BCUT2D eigenvalue weighted by atomic mass is 9.95. The fourth-order valence-electron chi connectivity index (χ4n) is 5.10. The molecule has 0 bridgehead atoms. The summed E-state index contributed by atoms with van der Waals surface area (Å²) in [5, 5.41) is 23.2. The van der Waals surface area contributed by atoms with Crippen molar-refractivity contribution in [2.24, 2.45) is 0 Å². The molecule has 6 rings (SSSR count). The summed E-state index contributed by atoms with van der Waals surface area (Å²) in [5.41, 5.74) is 2.37. The maximum absolute atomic E-state index is 13.9. The molecular weight excluding hydrogens is 601 g/mol. The molecule has 43 heavy (non-hydrogen) atoms. The van der Waals surface area contributed by atoms with E-state index in [4.69, 9.17) is 4.74 Å². The molecule has 0 saturated heterocycles. The Hall–Kier alpha value is -4.06. The van der Waals surface area contributed by atoms with Crippen LogP contribution < -0.4 is 9.64 Å². The van der Waals surface area contributed by atoms with Crippen LogP contribution in [0.15, 0.2) is 82.4 Å². The van der Waals surface area contributed by atoms with E-state index in [0.717, 1.165) is 11.4 Å². The predicted molar refractivity (Wildman–Crippen MR) is 171 cm³/mol. The third-order valence-corrected chi connectivity index (χ3v) is 10.2. The molecule has 1 atom stereocenters. The number of nitrogens with zero attached hydrogens (tertiary/aromatic N) is 4. The number of carbonyl (C=O) groups excluding carboxylic acids is 2. The third-order valence-electron chi connectivity index (χ3n) is 7.06. The fourth-order valence-corrected chi connectivity index (χ4v) is 7.84. The van der Waals surface area contributed by atoms with E-state index in [2.05, 4.69) is 39.4 Å². The lowest BCUT2D eigenvalue weighted by Crippen LogP contribution is -2.31. The topological polar surface area (TPSA) is 106 Å². The average Bonchev–Trinajstić information content (AvgIpc) is 3.70. The Kier molecular flexibility index (Phi) is 8.29. The van der Waals surface area contributed by atoms with Crippen LogP contribution in [-0.4, -0.2) is 38.6 Å². The average molecular weight is 629 g/mol. The van der Waals surface area contributed by atoms with Crippen LogP contribution in [0.1, 0.15) is 50.9 Å². The van der Waals surface area contributed by atoms with Crippen LogP contribution in [0.4, 0.5) is 5.13 Å². The number of hydrogen-bond acceptors (Lipinski definition) is 10. The van der Waals surface area contributed by atoms with Crippen molar-refractivity contribution in [3.8, 4) is 5.75 Å². The number of fused-ring (bicyclic) bond motifs is 1. The summed E-state index contributed by atoms with van der Waals surface area (Å²) in [6, 6.07) is 20.8. The van der Waals surface area contributed by atoms with Crippen LogP contribution in [0.25, 0.3) is 10.8 Å². The number of ketones is 1. The molecule has 0 radical (unpaired) electrons. The van der Waals surface area contributed by atoms with Gasteiger partial charge in [-0.15, -0.1) is 21.5 Å². The highest BCUT2D eigenvalue weighted by Gasteiger charge is 2.46. The number of thiazole rings is 1. The Morgan fingerprint density at radius 1 is 1.02 bits per heavy atom. The van der Waals surface area contributed by atoms with E-state index in [9.17, 15) is 14.7 Å². The standard InChI is InChI=1S/C32H28N4O4S3/c1-4-16-40-23-14-12-21(13-15-23)26-25(27(37)29-18(2)33-19(3)42-29)28(38)30(39)36(26)31-34-35-32(43-31)41-17-22-10-7-9-20-8-5-6-11-24(20)22/h5-15,26,38H,4,16-17H2,1-3H3. The number of thioether (sulfide) groups is 1. The highest BCUT2D eigenvalue weighted by atomic mass is 32.2. The molecule has 3 heterocycles. The number of hydrogen-bond donors (Lipinski definition) is 1. The number of ether oxygens (including phenoxy) is 1. The van der Waals surface area contributed by atoms with Gasteiger partial charge in [0.15, 0.2) is 10.1 Å². The zero-order valence-electron chi connectivity index (χ0n) is 23.7. The Balaban J connectivity index is 1.33. The first-order chi connectivity index (χ1) is 20.9. The van der Waals surface area contributed by atoms with Crippen LogP contribution >= 0.6 is 34.4 Å². The smallest absolute Gasteiger partial charge is 0.296 e. The van der Waals surface area contributed by atoms with E-state index in [0.29, 0.717) is 43.7 Å². The summed E-state index contributed by atoms with van der Waals surface area (Å²) < 4.78 is 6.42. The summed E-state index contributed by atoms with van der Waals surface area (Å²) in [7, 11) is 0. The van der Waals surface area contributed by atoms with Crippen molar-refractivity contribution in [3.63, 3.8) is 0 Å². The van der Waals surface area contributed by atoms with Crippen molar-refractivity contribution in [3.05, 3.63) is 105 Å². The second-order valence-corrected chi connectivity index (χ2v) is 13.4. The van der Waals surface area contributed by atoms with Gasteiger partial charge in [-0.3, -0.25) is 14.5 Å². The quantitative estimate of drug-likeness (QED) is 0.0956. The van der Waals surface area contributed by atoms with Gasteiger partial charge in [-0.1, -0.05) is 84.6 Å². The molecule has 0 spiro atoms. The van der Waals surface area contributed by atoms with Crippen LogP contribution in [0.5, 0.6) is 5.75 Å². The lowest BCUT2D eigenvalue weighted by Gasteiger charge is -2.24. The fraction of sp³-hybridized carbons (Fsp3) is 0.219. The molecule has 1 aliphatic heterocycles. The normalized spacial score (nSPS) is 15.1. The second kappa shape index (κ2) is 12.3. The molecule has 3 aromatic carbocycles. The molecule has 8 nitrogen and oxygen atoms in total. The Labute approximate surface area is 261 Å². The van der Waals surface area contributed by atoms with Crippen LogP contribution in [-0.2, 0) is 10.5 Å². The lowest BCUT2D eigenvalue weighted by molar-refractivity contribution is -0.117. The van der Waals surface area contributed by atoms with E-state index in [1.807, 2.05) is 44.2 Å². The highest BCUT2D eigenvalue weighted by molar-refractivity contribution is 8.00. The minimum absolute atomic E-state index is 0.000801. The number of rotatable bonds is 10. The van der Waals surface area contributed by atoms with E-state index < -0.39 is 23.5 Å². The maximum atomic E-state index is 13.9. The molecule has 1 unspecified atom stereocenters. The monoisotopic (exact) mass is 628 g/mol. The van der Waals surface area contributed by atoms with Gasteiger partial charge in [0.1, 0.15) is 5.75 Å². The Morgan fingerprint density at radius 2 is 1.79 bits per heavy atom. The summed E-state index contributed by atoms with van der Waals surface area (Å²) in [6.07, 6.45) is 0.868. The molecule has 1 N–H and O–H groups in total. The molecule has 2 aromatic heterocycles. The van der Waals surface area contributed by atoms with Gasteiger partial charge in [-0.2, -0.15) is 0 Å². The van der Waals surface area contributed by atoms with Crippen LogP contribution in [0, 0.1) is 13.8 Å². The van der Waals surface area contributed by atoms with Crippen molar-refractivity contribution in [2.45, 2.75) is 43.3 Å². The SMILES string of the molecule is CCCOc1ccc(C2C(C(=O)c3sc(C)nc3C)=C(O)C(=O)N2c2nnc(SCc3cccc4ccccc34)s2)cc1. The van der Waals surface area contributed by atoms with E-state index >= 15 is 0 Å². The van der Waals surface area contributed by atoms with Gasteiger partial charge in [0, 0.05) is 5.75 Å². The van der Waals surface area contributed by atoms with Gasteiger partial charge in [0.05, 0.1) is 33.8 Å². The number of aliphatic hydroxyl groups is 1. The highest BCUT2D eigenvalue weighted by Crippen LogP contribution is 2.45. The van der Waals surface area contributed by atoms with Crippen molar-refractivity contribution in [1.29, 1.82) is 0 Å². The van der Waals surface area contributed by atoms with Gasteiger partial charge >= 0.3 is 0 Å². The molecular formula is C32H28N4O4S3. The molecule has 5 aromatic rings. The Bertz CT molecular complexity index is 1860. The molecule has 1 amide bonds.